The normalized spacial score (nSPS) is 11.3. The molecular formula is C9H13N4+. The maximum absolute atomic E-state index is 4.18. The Morgan fingerprint density at radius 3 is 2.92 bits per heavy atom. The molecule has 1 N–H and O–H groups in total. The van der Waals surface area contributed by atoms with Crippen molar-refractivity contribution in [2.24, 2.45) is 0 Å². The van der Waals surface area contributed by atoms with Gasteiger partial charge in [-0.3, -0.25) is 4.90 Å². The molecule has 0 fully saturated rings. The molecule has 0 aliphatic heterocycles. The van der Waals surface area contributed by atoms with Gasteiger partial charge in [-0.2, -0.15) is 0 Å². The molecule has 13 heavy (non-hydrogen) atoms. The highest BCUT2D eigenvalue weighted by atomic mass is 15.5. The summed E-state index contributed by atoms with van der Waals surface area (Å²) in [5, 5.41) is 7.15. The zero-order valence-corrected chi connectivity index (χ0v) is 7.86. The zero-order valence-electron chi connectivity index (χ0n) is 7.86. The standard InChI is InChI=1S/C9H12N4/c1-12(2)7-13-9-6-4-3-5-8(9)10-11-13/h3-6H,7H2,1-2H3/p+1. The van der Waals surface area contributed by atoms with Crippen LogP contribution in [0.4, 0.5) is 0 Å². The molecule has 0 aliphatic rings. The van der Waals surface area contributed by atoms with E-state index >= 15 is 0 Å². The number of hydrogen-bond donors (Lipinski definition) is 1. The third-order valence-electron chi connectivity index (χ3n) is 1.89. The number of nitrogens with zero attached hydrogens (tertiary/aromatic N) is 3. The lowest BCUT2D eigenvalue weighted by molar-refractivity contribution is -0.746. The van der Waals surface area contributed by atoms with Crippen LogP contribution in [0.15, 0.2) is 24.3 Å². The van der Waals surface area contributed by atoms with Gasteiger partial charge < -0.3 is 0 Å². The molecule has 1 heterocycles. The van der Waals surface area contributed by atoms with Gasteiger partial charge in [0.05, 0.1) is 0 Å². The minimum Gasteiger partial charge on any atom is -0.272 e. The lowest BCUT2D eigenvalue weighted by atomic mass is 10.3. The first kappa shape index (κ1) is 8.19. The molecule has 1 aromatic heterocycles. The number of nitrogens with one attached hydrogen (secondary N) is 1. The summed E-state index contributed by atoms with van der Waals surface area (Å²) in [5.41, 5.74) is 2.14. The molecule has 0 unspecified atom stereocenters. The van der Waals surface area contributed by atoms with Gasteiger partial charge in [0, 0.05) is 5.10 Å². The van der Waals surface area contributed by atoms with E-state index < -0.39 is 0 Å². The van der Waals surface area contributed by atoms with Crippen LogP contribution in [0.2, 0.25) is 0 Å². The van der Waals surface area contributed by atoms with Gasteiger partial charge in [-0.05, 0) is 26.2 Å². The Labute approximate surface area is 76.8 Å². The van der Waals surface area contributed by atoms with Gasteiger partial charge in [0.25, 0.3) is 0 Å². The van der Waals surface area contributed by atoms with E-state index in [9.17, 15) is 0 Å². The first-order chi connectivity index (χ1) is 6.27. The van der Waals surface area contributed by atoms with Crippen LogP contribution in [-0.2, 0) is 6.67 Å². The van der Waals surface area contributed by atoms with Crippen LogP contribution < -0.4 is 4.68 Å². The predicted molar refractivity (Wildman–Crippen MR) is 50.0 cm³/mol. The van der Waals surface area contributed by atoms with Gasteiger partial charge in [-0.1, -0.05) is 17.3 Å². The van der Waals surface area contributed by atoms with Crippen LogP contribution >= 0.6 is 0 Å². The van der Waals surface area contributed by atoms with Crippen LogP contribution in [0.5, 0.6) is 0 Å². The molecule has 0 saturated carbocycles. The molecule has 2 aromatic rings. The number of hydrogen-bond acceptors (Lipinski definition) is 2. The topological polar surface area (TPSA) is 35.8 Å². The van der Waals surface area contributed by atoms with Crippen LogP contribution in [0.1, 0.15) is 0 Å². The minimum absolute atomic E-state index is 0.820. The summed E-state index contributed by atoms with van der Waals surface area (Å²) in [5.74, 6) is 0. The Morgan fingerprint density at radius 1 is 1.38 bits per heavy atom. The molecule has 0 aliphatic carbocycles. The highest BCUT2D eigenvalue weighted by molar-refractivity contribution is 5.69. The number of aromatic nitrogens is 3. The monoisotopic (exact) mass is 177 g/mol. The van der Waals surface area contributed by atoms with E-state index in [1.54, 1.807) is 0 Å². The molecule has 4 heteroatoms. The summed E-state index contributed by atoms with van der Waals surface area (Å²) in [7, 11) is 4.06. The van der Waals surface area contributed by atoms with Gasteiger partial charge in [0.2, 0.25) is 11.0 Å². The molecular weight excluding hydrogens is 164 g/mol. The van der Waals surface area contributed by atoms with Crippen LogP contribution in [-0.4, -0.2) is 29.3 Å². The van der Waals surface area contributed by atoms with Crippen molar-refractivity contribution in [3.8, 4) is 0 Å². The molecule has 0 spiro atoms. The molecule has 0 atom stereocenters. The van der Waals surface area contributed by atoms with E-state index in [2.05, 4.69) is 21.3 Å². The summed E-state index contributed by atoms with van der Waals surface area (Å²) >= 11 is 0. The fraction of sp³-hybridized carbons (Fsp3) is 0.333. The summed E-state index contributed by atoms with van der Waals surface area (Å²) < 4.78 is 2.01. The Balaban J connectivity index is 2.46. The van der Waals surface area contributed by atoms with E-state index in [4.69, 9.17) is 0 Å². The highest BCUT2D eigenvalue weighted by Crippen LogP contribution is 2.03. The van der Waals surface area contributed by atoms with E-state index in [-0.39, 0.29) is 0 Å². The minimum atomic E-state index is 0.820. The highest BCUT2D eigenvalue weighted by Gasteiger charge is 2.10. The number of aromatic amines is 1. The molecule has 0 saturated heterocycles. The molecule has 4 nitrogen and oxygen atoms in total. The Bertz CT molecular complexity index is 405. The van der Waals surface area contributed by atoms with Gasteiger partial charge in [0.1, 0.15) is 0 Å². The van der Waals surface area contributed by atoms with Gasteiger partial charge in [-0.15, -0.1) is 4.68 Å². The molecule has 1 aromatic carbocycles. The quantitative estimate of drug-likeness (QED) is 0.673. The SMILES string of the molecule is CN(C)C[n+]1[nH]nc2ccccc21. The van der Waals surface area contributed by atoms with Crippen molar-refractivity contribution in [1.82, 2.24) is 15.2 Å². The van der Waals surface area contributed by atoms with Crippen molar-refractivity contribution >= 4 is 11.0 Å². The van der Waals surface area contributed by atoms with E-state index in [0.717, 1.165) is 17.7 Å². The number of para-hydroxylation sites is 2. The molecule has 0 bridgehead atoms. The molecule has 68 valence electrons. The third-order valence-corrected chi connectivity index (χ3v) is 1.89. The van der Waals surface area contributed by atoms with Crippen molar-refractivity contribution < 1.29 is 4.68 Å². The predicted octanol–water partition coefficient (Wildman–Crippen LogP) is 0.369. The fourth-order valence-electron chi connectivity index (χ4n) is 1.35. The smallest absolute Gasteiger partial charge is 0.248 e. The van der Waals surface area contributed by atoms with Gasteiger partial charge >= 0.3 is 0 Å². The van der Waals surface area contributed by atoms with Crippen molar-refractivity contribution in [3.05, 3.63) is 24.3 Å². The molecule has 0 amide bonds. The maximum Gasteiger partial charge on any atom is 0.248 e. The maximum atomic E-state index is 4.18. The average molecular weight is 177 g/mol. The van der Waals surface area contributed by atoms with Crippen molar-refractivity contribution in [1.29, 1.82) is 0 Å². The van der Waals surface area contributed by atoms with Crippen LogP contribution in [0.3, 0.4) is 0 Å². The zero-order chi connectivity index (χ0) is 9.26. The van der Waals surface area contributed by atoms with Crippen molar-refractivity contribution in [2.75, 3.05) is 14.1 Å². The fourth-order valence-corrected chi connectivity index (χ4v) is 1.35. The van der Waals surface area contributed by atoms with Crippen LogP contribution in [0.25, 0.3) is 11.0 Å². The first-order valence-electron chi connectivity index (χ1n) is 4.25. The largest absolute Gasteiger partial charge is 0.272 e. The number of H-pyrrole nitrogens is 1. The average Bonchev–Trinajstić information content (AvgIpc) is 2.48. The van der Waals surface area contributed by atoms with Crippen LogP contribution in [0, 0.1) is 0 Å². The van der Waals surface area contributed by atoms with E-state index in [1.165, 1.54) is 0 Å². The van der Waals surface area contributed by atoms with E-state index in [1.807, 2.05) is 37.0 Å². The molecule has 2 rings (SSSR count). The number of fused-ring (bicyclic) bond motifs is 1. The Kier molecular flexibility index (Phi) is 1.98. The summed E-state index contributed by atoms with van der Waals surface area (Å²) in [6, 6.07) is 8.06. The Hall–Kier alpha value is -1.42. The summed E-state index contributed by atoms with van der Waals surface area (Å²) in [4.78, 5) is 2.09. The van der Waals surface area contributed by atoms with Gasteiger partial charge in [0.15, 0.2) is 6.67 Å². The molecule has 0 radical (unpaired) electrons. The number of rotatable bonds is 2. The summed E-state index contributed by atoms with van der Waals surface area (Å²) in [6.07, 6.45) is 0. The van der Waals surface area contributed by atoms with Crippen molar-refractivity contribution in [3.63, 3.8) is 0 Å². The third kappa shape index (κ3) is 1.53. The second kappa shape index (κ2) is 3.14. The summed E-state index contributed by atoms with van der Waals surface area (Å²) in [6.45, 7) is 0.820. The second-order valence-electron chi connectivity index (χ2n) is 3.35. The van der Waals surface area contributed by atoms with Gasteiger partial charge in [-0.25, -0.2) is 0 Å². The van der Waals surface area contributed by atoms with Crippen molar-refractivity contribution in [2.45, 2.75) is 6.67 Å². The lowest BCUT2D eigenvalue weighted by Crippen LogP contribution is -2.42. The Morgan fingerprint density at radius 2 is 2.15 bits per heavy atom. The first-order valence-corrected chi connectivity index (χ1v) is 4.25. The lowest BCUT2D eigenvalue weighted by Gasteiger charge is -2.04. The number of benzene rings is 1. The van der Waals surface area contributed by atoms with E-state index in [0.29, 0.717) is 0 Å². The second-order valence-corrected chi connectivity index (χ2v) is 3.35.